The van der Waals surface area contributed by atoms with Gasteiger partial charge in [-0.05, 0) is 38.1 Å². The van der Waals surface area contributed by atoms with Gasteiger partial charge < -0.3 is 5.32 Å². The minimum absolute atomic E-state index is 0.818. The maximum absolute atomic E-state index is 3.57. The van der Waals surface area contributed by atoms with E-state index in [2.05, 4.69) is 17.5 Å². The molecular formula is C9H15N. The highest BCUT2D eigenvalue weighted by molar-refractivity contribution is 4.98. The lowest BCUT2D eigenvalue weighted by Crippen LogP contribution is -2.41. The summed E-state index contributed by atoms with van der Waals surface area (Å²) < 4.78 is 0. The van der Waals surface area contributed by atoms with E-state index < -0.39 is 0 Å². The van der Waals surface area contributed by atoms with Crippen LogP contribution in [0, 0.1) is 5.92 Å². The maximum Gasteiger partial charge on any atom is 0.0133 e. The molecule has 1 saturated heterocycles. The van der Waals surface area contributed by atoms with Crippen molar-refractivity contribution in [2.75, 3.05) is 6.54 Å². The van der Waals surface area contributed by atoms with Crippen molar-refractivity contribution in [2.45, 2.75) is 31.7 Å². The molecule has 1 fully saturated rings. The first-order valence-corrected chi connectivity index (χ1v) is 4.35. The molecule has 2 aliphatic rings. The molecule has 0 saturated carbocycles. The first kappa shape index (κ1) is 6.41. The van der Waals surface area contributed by atoms with Crippen molar-refractivity contribution >= 4 is 0 Å². The summed E-state index contributed by atoms with van der Waals surface area (Å²) in [6.45, 7) is 1.25. The van der Waals surface area contributed by atoms with Crippen molar-refractivity contribution in [1.29, 1.82) is 0 Å². The zero-order valence-corrected chi connectivity index (χ0v) is 6.34. The fourth-order valence-electron chi connectivity index (χ4n) is 2.09. The Balaban J connectivity index is 2.01. The summed E-state index contributed by atoms with van der Waals surface area (Å²) >= 11 is 0. The summed E-state index contributed by atoms with van der Waals surface area (Å²) in [6.07, 6.45) is 10.1. The highest BCUT2D eigenvalue weighted by atomic mass is 14.9. The van der Waals surface area contributed by atoms with Crippen LogP contribution in [0.15, 0.2) is 12.2 Å². The molecule has 0 spiro atoms. The molecule has 1 nitrogen and oxygen atoms in total. The van der Waals surface area contributed by atoms with Crippen LogP contribution in [0.25, 0.3) is 0 Å². The van der Waals surface area contributed by atoms with Crippen LogP contribution in [0.3, 0.4) is 0 Å². The summed E-state index contributed by atoms with van der Waals surface area (Å²) in [7, 11) is 0. The zero-order chi connectivity index (χ0) is 6.81. The van der Waals surface area contributed by atoms with Gasteiger partial charge in [-0.1, -0.05) is 12.2 Å². The van der Waals surface area contributed by atoms with Gasteiger partial charge in [-0.25, -0.2) is 0 Å². The smallest absolute Gasteiger partial charge is 0.0133 e. The number of hydrogen-bond donors (Lipinski definition) is 1. The largest absolute Gasteiger partial charge is 0.313 e. The average Bonchev–Trinajstić information content (AvgIpc) is 2.05. The molecule has 0 aromatic carbocycles. The van der Waals surface area contributed by atoms with E-state index in [4.69, 9.17) is 0 Å². The summed E-state index contributed by atoms with van der Waals surface area (Å²) in [6, 6.07) is 0.818. The van der Waals surface area contributed by atoms with Gasteiger partial charge in [0.2, 0.25) is 0 Å². The normalized spacial score (nSPS) is 39.2. The van der Waals surface area contributed by atoms with Crippen LogP contribution >= 0.6 is 0 Å². The van der Waals surface area contributed by atoms with Crippen LogP contribution in [0.2, 0.25) is 0 Å². The van der Waals surface area contributed by atoms with E-state index >= 15 is 0 Å². The van der Waals surface area contributed by atoms with Gasteiger partial charge in [0.05, 0.1) is 0 Å². The Labute approximate surface area is 62.5 Å². The van der Waals surface area contributed by atoms with E-state index in [9.17, 15) is 0 Å². The Kier molecular flexibility index (Phi) is 1.76. The molecule has 1 aliphatic heterocycles. The predicted octanol–water partition coefficient (Wildman–Crippen LogP) is 1.70. The van der Waals surface area contributed by atoms with E-state index in [1.165, 1.54) is 32.2 Å². The average molecular weight is 137 g/mol. The fraction of sp³-hybridized carbons (Fsp3) is 0.778. The lowest BCUT2D eigenvalue weighted by Gasteiger charge is -2.33. The van der Waals surface area contributed by atoms with Gasteiger partial charge in [-0.15, -0.1) is 0 Å². The van der Waals surface area contributed by atoms with Crippen molar-refractivity contribution in [3.05, 3.63) is 12.2 Å². The predicted molar refractivity (Wildman–Crippen MR) is 42.9 cm³/mol. The molecule has 0 amide bonds. The molecule has 1 heteroatoms. The molecule has 0 unspecified atom stereocenters. The lowest BCUT2D eigenvalue weighted by molar-refractivity contribution is 0.274. The van der Waals surface area contributed by atoms with E-state index in [0.29, 0.717) is 0 Å². The van der Waals surface area contributed by atoms with Crippen LogP contribution in [0.1, 0.15) is 25.7 Å². The minimum atomic E-state index is 0.818. The van der Waals surface area contributed by atoms with Crippen LogP contribution in [0.4, 0.5) is 0 Å². The van der Waals surface area contributed by atoms with Crippen LogP contribution in [-0.2, 0) is 0 Å². The third-order valence-electron chi connectivity index (χ3n) is 2.72. The Morgan fingerprint density at radius 3 is 3.00 bits per heavy atom. The number of nitrogens with one attached hydrogen (secondary N) is 1. The molecule has 0 aromatic heterocycles. The molecular weight excluding hydrogens is 122 g/mol. The summed E-state index contributed by atoms with van der Waals surface area (Å²) in [5.74, 6) is 0.957. The van der Waals surface area contributed by atoms with Gasteiger partial charge >= 0.3 is 0 Å². The van der Waals surface area contributed by atoms with Gasteiger partial charge in [0.15, 0.2) is 0 Å². The minimum Gasteiger partial charge on any atom is -0.313 e. The van der Waals surface area contributed by atoms with Crippen molar-refractivity contribution in [2.24, 2.45) is 5.92 Å². The van der Waals surface area contributed by atoms with E-state index in [0.717, 1.165) is 12.0 Å². The molecule has 2 rings (SSSR count). The third kappa shape index (κ3) is 1.10. The number of piperidine rings is 1. The molecule has 10 heavy (non-hydrogen) atoms. The van der Waals surface area contributed by atoms with Crippen LogP contribution < -0.4 is 5.32 Å². The summed E-state index contributed by atoms with van der Waals surface area (Å²) in [5, 5.41) is 3.57. The first-order chi connectivity index (χ1) is 4.97. The van der Waals surface area contributed by atoms with Crippen molar-refractivity contribution in [3.63, 3.8) is 0 Å². The summed E-state index contributed by atoms with van der Waals surface area (Å²) in [5.41, 5.74) is 0. The van der Waals surface area contributed by atoms with Crippen LogP contribution in [0.5, 0.6) is 0 Å². The van der Waals surface area contributed by atoms with Gasteiger partial charge in [0.25, 0.3) is 0 Å². The van der Waals surface area contributed by atoms with Crippen molar-refractivity contribution < 1.29 is 0 Å². The second-order valence-corrected chi connectivity index (χ2v) is 3.41. The molecule has 0 aromatic rings. The topological polar surface area (TPSA) is 12.0 Å². The Morgan fingerprint density at radius 2 is 2.10 bits per heavy atom. The number of hydrogen-bond acceptors (Lipinski definition) is 1. The molecule has 2 atom stereocenters. The van der Waals surface area contributed by atoms with Crippen molar-refractivity contribution in [3.8, 4) is 0 Å². The first-order valence-electron chi connectivity index (χ1n) is 4.35. The molecule has 56 valence electrons. The van der Waals surface area contributed by atoms with Crippen LogP contribution in [-0.4, -0.2) is 12.6 Å². The van der Waals surface area contributed by atoms with Gasteiger partial charge in [-0.3, -0.25) is 0 Å². The molecule has 1 heterocycles. The van der Waals surface area contributed by atoms with Crippen molar-refractivity contribution in [1.82, 2.24) is 5.32 Å². The second kappa shape index (κ2) is 2.75. The number of rotatable bonds is 0. The zero-order valence-electron chi connectivity index (χ0n) is 6.34. The van der Waals surface area contributed by atoms with E-state index in [1.807, 2.05) is 0 Å². The molecule has 1 aliphatic carbocycles. The molecule has 1 N–H and O–H groups in total. The van der Waals surface area contributed by atoms with Gasteiger partial charge in [-0.2, -0.15) is 0 Å². The lowest BCUT2D eigenvalue weighted by atomic mass is 9.83. The SMILES string of the molecule is C1=CC[C@@H]2NCCC[C@H]2C1. The van der Waals surface area contributed by atoms with E-state index in [-0.39, 0.29) is 0 Å². The van der Waals surface area contributed by atoms with E-state index in [1.54, 1.807) is 0 Å². The van der Waals surface area contributed by atoms with Gasteiger partial charge in [0.1, 0.15) is 0 Å². The van der Waals surface area contributed by atoms with Gasteiger partial charge in [0, 0.05) is 6.04 Å². The highest BCUT2D eigenvalue weighted by Crippen LogP contribution is 2.26. The molecule has 0 radical (unpaired) electrons. The number of allylic oxidation sites excluding steroid dienone is 1. The maximum atomic E-state index is 3.57. The monoisotopic (exact) mass is 137 g/mol. The Bertz CT molecular complexity index is 124. The third-order valence-corrected chi connectivity index (χ3v) is 2.72. The number of fused-ring (bicyclic) bond motifs is 1. The standard InChI is InChI=1S/C9H15N/c1-2-6-9-8(4-1)5-3-7-10-9/h1-2,8-10H,3-7H2/t8-,9+/m1/s1. The highest BCUT2D eigenvalue weighted by Gasteiger charge is 2.24. The fourth-order valence-corrected chi connectivity index (χ4v) is 2.09. The Morgan fingerprint density at radius 1 is 1.20 bits per heavy atom. The Hall–Kier alpha value is -0.300. The molecule has 0 bridgehead atoms. The summed E-state index contributed by atoms with van der Waals surface area (Å²) in [4.78, 5) is 0. The second-order valence-electron chi connectivity index (χ2n) is 3.41. The quantitative estimate of drug-likeness (QED) is 0.501.